The average molecular weight is 237 g/mol. The Bertz CT molecular complexity index is 221. The minimum atomic E-state index is -0.220. The third-order valence-electron chi connectivity index (χ3n) is 2.51. The number of halogens is 1. The molecule has 1 heterocycles. The lowest BCUT2D eigenvalue weighted by Gasteiger charge is -2.39. The summed E-state index contributed by atoms with van der Waals surface area (Å²) in [7, 11) is 0. The Morgan fingerprint density at radius 3 is 2.67 bits per heavy atom. The molecule has 1 atom stereocenters. The van der Waals surface area contributed by atoms with Crippen LogP contribution in [0.15, 0.2) is 0 Å². The maximum Gasteiger partial charge on any atom is 0.226 e. The van der Waals surface area contributed by atoms with Crippen LogP contribution in [-0.4, -0.2) is 42.6 Å². The first-order valence-electron chi connectivity index (χ1n) is 5.09. The van der Waals surface area contributed by atoms with E-state index in [0.29, 0.717) is 26.2 Å². The smallest absolute Gasteiger partial charge is 0.226 e. The van der Waals surface area contributed by atoms with Gasteiger partial charge in [0, 0.05) is 25.6 Å². The normalized spacial score (nSPS) is 21.7. The van der Waals surface area contributed by atoms with E-state index in [-0.39, 0.29) is 29.8 Å². The summed E-state index contributed by atoms with van der Waals surface area (Å²) < 4.78 is 5.53. The van der Waals surface area contributed by atoms with E-state index in [0.717, 1.165) is 0 Å². The maximum absolute atomic E-state index is 11.8. The highest BCUT2D eigenvalue weighted by molar-refractivity contribution is 5.85. The van der Waals surface area contributed by atoms with Gasteiger partial charge in [0.25, 0.3) is 0 Å². The number of nitrogens with two attached hydrogens (primary N) is 1. The van der Waals surface area contributed by atoms with Crippen molar-refractivity contribution in [2.75, 3.05) is 26.2 Å². The van der Waals surface area contributed by atoms with E-state index in [4.69, 9.17) is 10.5 Å². The summed E-state index contributed by atoms with van der Waals surface area (Å²) in [5.41, 5.74) is 5.25. The minimum Gasteiger partial charge on any atom is -0.372 e. The lowest BCUT2D eigenvalue weighted by Crippen LogP contribution is -2.52. The predicted molar refractivity (Wildman–Crippen MR) is 62.1 cm³/mol. The van der Waals surface area contributed by atoms with E-state index in [1.54, 1.807) is 0 Å². The fourth-order valence-electron chi connectivity index (χ4n) is 1.62. The predicted octanol–water partition coefficient (Wildman–Crippen LogP) is 0.640. The van der Waals surface area contributed by atoms with Crippen molar-refractivity contribution in [1.29, 1.82) is 0 Å². The molecule has 1 amide bonds. The third-order valence-corrected chi connectivity index (χ3v) is 2.51. The van der Waals surface area contributed by atoms with E-state index < -0.39 is 0 Å². The Labute approximate surface area is 97.5 Å². The third kappa shape index (κ3) is 3.97. The SMILES string of the molecule is CC(CN)C(=O)N1CCOC(C)(C)C1.Cl. The molecule has 1 aliphatic rings. The van der Waals surface area contributed by atoms with Crippen LogP contribution in [0.25, 0.3) is 0 Å². The largest absolute Gasteiger partial charge is 0.372 e. The molecule has 5 heteroatoms. The fourth-order valence-corrected chi connectivity index (χ4v) is 1.62. The number of carbonyl (C=O) groups is 1. The van der Waals surface area contributed by atoms with E-state index >= 15 is 0 Å². The highest BCUT2D eigenvalue weighted by Crippen LogP contribution is 2.17. The molecule has 2 N–H and O–H groups in total. The molecule has 0 aliphatic carbocycles. The second kappa shape index (κ2) is 5.68. The van der Waals surface area contributed by atoms with E-state index in [9.17, 15) is 4.79 Å². The second-order valence-corrected chi connectivity index (χ2v) is 4.50. The number of carbonyl (C=O) groups excluding carboxylic acids is 1. The Morgan fingerprint density at radius 2 is 2.20 bits per heavy atom. The molecule has 4 nitrogen and oxygen atoms in total. The van der Waals surface area contributed by atoms with Gasteiger partial charge in [0.1, 0.15) is 0 Å². The quantitative estimate of drug-likeness (QED) is 0.766. The van der Waals surface area contributed by atoms with Gasteiger partial charge < -0.3 is 15.4 Å². The van der Waals surface area contributed by atoms with Gasteiger partial charge in [-0.2, -0.15) is 0 Å². The van der Waals surface area contributed by atoms with Crippen molar-refractivity contribution < 1.29 is 9.53 Å². The van der Waals surface area contributed by atoms with Gasteiger partial charge in [-0.25, -0.2) is 0 Å². The Hall–Kier alpha value is -0.320. The molecule has 0 aromatic heterocycles. The number of nitrogens with zero attached hydrogens (tertiary/aromatic N) is 1. The van der Waals surface area contributed by atoms with Crippen LogP contribution < -0.4 is 5.73 Å². The molecular weight excluding hydrogens is 216 g/mol. The topological polar surface area (TPSA) is 55.6 Å². The molecule has 0 aromatic rings. The highest BCUT2D eigenvalue weighted by Gasteiger charge is 2.31. The van der Waals surface area contributed by atoms with Crippen LogP contribution in [-0.2, 0) is 9.53 Å². The zero-order valence-electron chi connectivity index (χ0n) is 9.66. The molecule has 0 radical (unpaired) electrons. The Kier molecular flexibility index (Phi) is 5.56. The maximum atomic E-state index is 11.8. The number of hydrogen-bond acceptors (Lipinski definition) is 3. The van der Waals surface area contributed by atoms with Crippen LogP contribution >= 0.6 is 12.4 Å². The van der Waals surface area contributed by atoms with Gasteiger partial charge in [-0.3, -0.25) is 4.79 Å². The summed E-state index contributed by atoms with van der Waals surface area (Å²) in [5.74, 6) is 0.0628. The lowest BCUT2D eigenvalue weighted by atomic mass is 10.0. The molecule has 15 heavy (non-hydrogen) atoms. The molecule has 1 fully saturated rings. The summed E-state index contributed by atoms with van der Waals surface area (Å²) in [6.07, 6.45) is 0. The van der Waals surface area contributed by atoms with Gasteiger partial charge in [0.2, 0.25) is 5.91 Å². The first-order chi connectivity index (χ1) is 6.46. The number of morpholine rings is 1. The van der Waals surface area contributed by atoms with Crippen LogP contribution in [0.3, 0.4) is 0 Å². The van der Waals surface area contributed by atoms with Crippen molar-refractivity contribution in [2.24, 2.45) is 11.7 Å². The van der Waals surface area contributed by atoms with Gasteiger partial charge in [0.15, 0.2) is 0 Å². The molecule has 0 bridgehead atoms. The second-order valence-electron chi connectivity index (χ2n) is 4.50. The standard InChI is InChI=1S/C10H20N2O2.ClH/c1-8(6-11)9(13)12-4-5-14-10(2,3)7-12;/h8H,4-7,11H2,1-3H3;1H. The van der Waals surface area contributed by atoms with Crippen molar-refractivity contribution in [3.8, 4) is 0 Å². The average Bonchev–Trinajstić information content (AvgIpc) is 2.14. The van der Waals surface area contributed by atoms with E-state index in [1.165, 1.54) is 0 Å². The summed E-state index contributed by atoms with van der Waals surface area (Å²) in [6.45, 7) is 8.25. The monoisotopic (exact) mass is 236 g/mol. The first-order valence-corrected chi connectivity index (χ1v) is 5.09. The number of amides is 1. The first kappa shape index (κ1) is 14.7. The molecule has 1 rings (SSSR count). The van der Waals surface area contributed by atoms with Gasteiger partial charge in [-0.15, -0.1) is 12.4 Å². The Morgan fingerprint density at radius 1 is 1.60 bits per heavy atom. The van der Waals surface area contributed by atoms with Crippen LogP contribution in [0.5, 0.6) is 0 Å². The molecule has 1 aliphatic heterocycles. The minimum absolute atomic E-state index is 0. The lowest BCUT2D eigenvalue weighted by molar-refractivity contribution is -0.149. The van der Waals surface area contributed by atoms with Crippen LogP contribution in [0, 0.1) is 5.92 Å². The van der Waals surface area contributed by atoms with Gasteiger partial charge in [-0.05, 0) is 13.8 Å². The van der Waals surface area contributed by atoms with Crippen molar-refractivity contribution in [2.45, 2.75) is 26.4 Å². The van der Waals surface area contributed by atoms with Crippen molar-refractivity contribution in [3.63, 3.8) is 0 Å². The highest BCUT2D eigenvalue weighted by atomic mass is 35.5. The molecule has 0 spiro atoms. The summed E-state index contributed by atoms with van der Waals surface area (Å²) in [5, 5.41) is 0. The number of ether oxygens (including phenoxy) is 1. The summed E-state index contributed by atoms with van der Waals surface area (Å²) in [6, 6.07) is 0. The van der Waals surface area contributed by atoms with Crippen LogP contribution in [0.4, 0.5) is 0 Å². The molecule has 1 unspecified atom stereocenters. The zero-order chi connectivity index (χ0) is 10.8. The molecular formula is C10H21ClN2O2. The van der Waals surface area contributed by atoms with Crippen molar-refractivity contribution >= 4 is 18.3 Å². The van der Waals surface area contributed by atoms with Crippen molar-refractivity contribution in [1.82, 2.24) is 4.90 Å². The fraction of sp³-hybridized carbons (Fsp3) is 0.900. The summed E-state index contributed by atoms with van der Waals surface area (Å²) >= 11 is 0. The van der Waals surface area contributed by atoms with Gasteiger partial charge in [-0.1, -0.05) is 6.92 Å². The molecule has 1 saturated heterocycles. The van der Waals surface area contributed by atoms with Gasteiger partial charge >= 0.3 is 0 Å². The number of hydrogen-bond donors (Lipinski definition) is 1. The zero-order valence-corrected chi connectivity index (χ0v) is 10.5. The summed E-state index contributed by atoms with van der Waals surface area (Å²) in [4.78, 5) is 13.7. The van der Waals surface area contributed by atoms with Crippen molar-refractivity contribution in [3.05, 3.63) is 0 Å². The molecule has 0 saturated carbocycles. The Balaban J connectivity index is 0.00000196. The van der Waals surface area contributed by atoms with Gasteiger partial charge in [0.05, 0.1) is 12.2 Å². The van der Waals surface area contributed by atoms with E-state index in [1.807, 2.05) is 25.7 Å². The number of rotatable bonds is 2. The van der Waals surface area contributed by atoms with E-state index in [2.05, 4.69) is 0 Å². The van der Waals surface area contributed by atoms with Crippen LogP contribution in [0.1, 0.15) is 20.8 Å². The van der Waals surface area contributed by atoms with Crippen LogP contribution in [0.2, 0.25) is 0 Å². The molecule has 90 valence electrons. The molecule has 0 aromatic carbocycles.